The summed E-state index contributed by atoms with van der Waals surface area (Å²) < 4.78 is 10.1. The summed E-state index contributed by atoms with van der Waals surface area (Å²) in [5, 5.41) is 11.4. The van der Waals surface area contributed by atoms with Crippen LogP contribution in [0.5, 0.6) is 0 Å². The highest BCUT2D eigenvalue weighted by Crippen LogP contribution is 2.09. The van der Waals surface area contributed by atoms with Crippen molar-refractivity contribution >= 4 is 5.91 Å². The van der Waals surface area contributed by atoms with Gasteiger partial charge in [0.2, 0.25) is 0 Å². The van der Waals surface area contributed by atoms with Crippen LogP contribution in [-0.4, -0.2) is 30.8 Å². The van der Waals surface area contributed by atoms with Crippen LogP contribution in [0.25, 0.3) is 0 Å². The Morgan fingerprint density at radius 3 is 3.00 bits per heavy atom. The van der Waals surface area contributed by atoms with Crippen molar-refractivity contribution in [1.82, 2.24) is 5.32 Å². The number of hydrogen-bond acceptors (Lipinski definition) is 4. The number of carbonyl (C=O) groups is 1. The summed E-state index contributed by atoms with van der Waals surface area (Å²) in [5.74, 6) is 0.600. The molecule has 0 aromatic carbocycles. The van der Waals surface area contributed by atoms with Crippen molar-refractivity contribution in [3.63, 3.8) is 0 Å². The lowest BCUT2D eigenvalue weighted by atomic mass is 10.2. The van der Waals surface area contributed by atoms with E-state index in [4.69, 9.17) is 14.3 Å². The van der Waals surface area contributed by atoms with Crippen molar-refractivity contribution < 1.29 is 19.1 Å². The van der Waals surface area contributed by atoms with Gasteiger partial charge in [-0.05, 0) is 25.5 Å². The first-order chi connectivity index (χ1) is 7.67. The topological polar surface area (TPSA) is 71.7 Å². The molecule has 90 valence electrons. The Morgan fingerprint density at radius 1 is 1.62 bits per heavy atom. The van der Waals surface area contributed by atoms with Gasteiger partial charge in [0.25, 0.3) is 5.91 Å². The molecule has 1 rings (SSSR count). The number of hydrogen-bond donors (Lipinski definition) is 2. The monoisotopic (exact) mass is 227 g/mol. The predicted octanol–water partition coefficient (Wildman–Crippen LogP) is 0.927. The molecule has 0 fully saturated rings. The first-order valence-electron chi connectivity index (χ1n) is 5.16. The lowest BCUT2D eigenvalue weighted by Crippen LogP contribution is -2.32. The first-order valence-corrected chi connectivity index (χ1v) is 5.16. The van der Waals surface area contributed by atoms with Crippen molar-refractivity contribution in [1.29, 1.82) is 0 Å². The fourth-order valence-electron chi connectivity index (χ4n) is 1.28. The quantitative estimate of drug-likeness (QED) is 0.758. The van der Waals surface area contributed by atoms with Gasteiger partial charge in [-0.2, -0.15) is 0 Å². The lowest BCUT2D eigenvalue weighted by molar-refractivity contribution is 0.0897. The van der Waals surface area contributed by atoms with E-state index in [-0.39, 0.29) is 24.3 Å². The van der Waals surface area contributed by atoms with Crippen LogP contribution < -0.4 is 5.32 Å². The van der Waals surface area contributed by atoms with Crippen LogP contribution in [0, 0.1) is 0 Å². The first kappa shape index (κ1) is 12.7. The van der Waals surface area contributed by atoms with Crippen molar-refractivity contribution in [2.45, 2.75) is 26.0 Å². The Bertz CT molecular complexity index is 334. The summed E-state index contributed by atoms with van der Waals surface area (Å²) in [4.78, 5) is 11.6. The zero-order valence-electron chi connectivity index (χ0n) is 9.53. The van der Waals surface area contributed by atoms with E-state index < -0.39 is 0 Å². The molecule has 1 heterocycles. The van der Waals surface area contributed by atoms with E-state index in [1.54, 1.807) is 19.2 Å². The summed E-state index contributed by atoms with van der Waals surface area (Å²) in [6.45, 7) is 2.22. The third-order valence-electron chi connectivity index (χ3n) is 2.11. The fourth-order valence-corrected chi connectivity index (χ4v) is 1.28. The molecule has 0 spiro atoms. The molecule has 0 saturated carbocycles. The molecule has 1 atom stereocenters. The standard InChI is InChI=1S/C11H17NO4/c1-8(5-6-13)12-11(14)10-4-3-9(16-10)7-15-2/h3-4,8,13H,5-7H2,1-2H3,(H,12,14). The van der Waals surface area contributed by atoms with Gasteiger partial charge in [0, 0.05) is 19.8 Å². The maximum Gasteiger partial charge on any atom is 0.287 e. The van der Waals surface area contributed by atoms with E-state index in [2.05, 4.69) is 5.32 Å². The highest BCUT2D eigenvalue weighted by molar-refractivity contribution is 5.91. The minimum Gasteiger partial charge on any atom is -0.453 e. The predicted molar refractivity (Wildman–Crippen MR) is 58.1 cm³/mol. The van der Waals surface area contributed by atoms with Crippen molar-refractivity contribution in [3.8, 4) is 0 Å². The second-order valence-electron chi connectivity index (χ2n) is 3.59. The number of aliphatic hydroxyl groups is 1. The smallest absolute Gasteiger partial charge is 0.287 e. The third kappa shape index (κ3) is 3.67. The molecule has 0 aliphatic carbocycles. The van der Waals surface area contributed by atoms with E-state index in [0.29, 0.717) is 18.8 Å². The number of carbonyl (C=O) groups excluding carboxylic acids is 1. The summed E-state index contributed by atoms with van der Waals surface area (Å²) in [6, 6.07) is 3.23. The Balaban J connectivity index is 2.52. The zero-order chi connectivity index (χ0) is 12.0. The van der Waals surface area contributed by atoms with Crippen LogP contribution in [0.2, 0.25) is 0 Å². The Morgan fingerprint density at radius 2 is 2.38 bits per heavy atom. The molecule has 0 aliphatic rings. The summed E-state index contributed by atoms with van der Waals surface area (Å²) in [7, 11) is 1.56. The average Bonchev–Trinajstić information content (AvgIpc) is 2.67. The molecule has 1 aromatic rings. The number of rotatable bonds is 6. The highest BCUT2D eigenvalue weighted by Gasteiger charge is 2.13. The van der Waals surface area contributed by atoms with E-state index in [1.165, 1.54) is 0 Å². The fraction of sp³-hybridized carbons (Fsp3) is 0.545. The average molecular weight is 227 g/mol. The SMILES string of the molecule is COCc1ccc(C(=O)NC(C)CCO)o1. The van der Waals surface area contributed by atoms with Gasteiger partial charge in [-0.1, -0.05) is 0 Å². The van der Waals surface area contributed by atoms with E-state index in [9.17, 15) is 4.79 Å². The van der Waals surface area contributed by atoms with Crippen LogP contribution in [-0.2, 0) is 11.3 Å². The van der Waals surface area contributed by atoms with Crippen molar-refractivity contribution in [2.75, 3.05) is 13.7 Å². The van der Waals surface area contributed by atoms with Crippen LogP contribution in [0.3, 0.4) is 0 Å². The van der Waals surface area contributed by atoms with Gasteiger partial charge in [-0.25, -0.2) is 0 Å². The minimum atomic E-state index is -0.275. The van der Waals surface area contributed by atoms with Gasteiger partial charge >= 0.3 is 0 Å². The maximum atomic E-state index is 11.6. The van der Waals surface area contributed by atoms with Gasteiger partial charge in [0.05, 0.1) is 0 Å². The molecule has 1 aromatic heterocycles. The normalized spacial score (nSPS) is 12.4. The summed E-state index contributed by atoms with van der Waals surface area (Å²) >= 11 is 0. The van der Waals surface area contributed by atoms with Gasteiger partial charge in [0.1, 0.15) is 12.4 Å². The Labute approximate surface area is 94.4 Å². The second-order valence-corrected chi connectivity index (χ2v) is 3.59. The molecular weight excluding hydrogens is 210 g/mol. The molecule has 5 nitrogen and oxygen atoms in total. The van der Waals surface area contributed by atoms with E-state index >= 15 is 0 Å². The molecule has 1 unspecified atom stereocenters. The number of methoxy groups -OCH3 is 1. The molecule has 0 radical (unpaired) electrons. The summed E-state index contributed by atoms with van der Waals surface area (Å²) in [5.41, 5.74) is 0. The van der Waals surface area contributed by atoms with Crippen LogP contribution in [0.4, 0.5) is 0 Å². The van der Waals surface area contributed by atoms with Crippen LogP contribution in [0.15, 0.2) is 16.5 Å². The van der Waals surface area contributed by atoms with Gasteiger partial charge in [0.15, 0.2) is 5.76 Å². The van der Waals surface area contributed by atoms with Crippen molar-refractivity contribution in [2.24, 2.45) is 0 Å². The molecule has 0 bridgehead atoms. The lowest BCUT2D eigenvalue weighted by Gasteiger charge is -2.10. The number of aliphatic hydroxyl groups excluding tert-OH is 1. The molecule has 16 heavy (non-hydrogen) atoms. The number of furan rings is 1. The summed E-state index contributed by atoms with van der Waals surface area (Å²) in [6.07, 6.45) is 0.525. The molecule has 0 saturated heterocycles. The molecule has 0 aliphatic heterocycles. The minimum absolute atomic E-state index is 0.0501. The van der Waals surface area contributed by atoms with Gasteiger partial charge in [-0.15, -0.1) is 0 Å². The molecule has 5 heteroatoms. The zero-order valence-corrected chi connectivity index (χ0v) is 9.53. The molecular formula is C11H17NO4. The second kappa shape index (κ2) is 6.30. The Kier molecular flexibility index (Phi) is 5.01. The van der Waals surface area contributed by atoms with Gasteiger partial charge < -0.3 is 19.6 Å². The Hall–Kier alpha value is -1.33. The number of amides is 1. The third-order valence-corrected chi connectivity index (χ3v) is 2.11. The van der Waals surface area contributed by atoms with Crippen molar-refractivity contribution in [3.05, 3.63) is 23.7 Å². The van der Waals surface area contributed by atoms with Crippen LogP contribution >= 0.6 is 0 Å². The largest absolute Gasteiger partial charge is 0.453 e. The molecule has 2 N–H and O–H groups in total. The van der Waals surface area contributed by atoms with E-state index in [0.717, 1.165) is 0 Å². The maximum absolute atomic E-state index is 11.6. The van der Waals surface area contributed by atoms with Gasteiger partial charge in [-0.3, -0.25) is 4.79 Å². The number of nitrogens with one attached hydrogen (secondary N) is 1. The van der Waals surface area contributed by atoms with Crippen LogP contribution in [0.1, 0.15) is 29.7 Å². The van der Waals surface area contributed by atoms with E-state index in [1.807, 2.05) is 6.92 Å². The number of ether oxygens (including phenoxy) is 1. The molecule has 1 amide bonds. The highest BCUT2D eigenvalue weighted by atomic mass is 16.5.